The van der Waals surface area contributed by atoms with E-state index in [4.69, 9.17) is 14.4 Å². The van der Waals surface area contributed by atoms with Crippen LogP contribution in [0.1, 0.15) is 37.6 Å². The number of ether oxygens (including phenoxy) is 2. The highest BCUT2D eigenvalue weighted by Crippen LogP contribution is 2.27. The van der Waals surface area contributed by atoms with Crippen molar-refractivity contribution in [2.75, 3.05) is 7.11 Å². The molecule has 7 heteroatoms. The second kappa shape index (κ2) is 9.62. The van der Waals surface area contributed by atoms with Crippen LogP contribution in [0, 0.1) is 11.3 Å². The van der Waals surface area contributed by atoms with Crippen molar-refractivity contribution in [3.8, 4) is 6.07 Å². The number of nitrogens with zero attached hydrogens (tertiary/aromatic N) is 1. The van der Waals surface area contributed by atoms with Gasteiger partial charge in [-0.25, -0.2) is 9.59 Å². The van der Waals surface area contributed by atoms with Gasteiger partial charge in [-0.05, 0) is 35.9 Å². The zero-order chi connectivity index (χ0) is 20.6. The maximum atomic E-state index is 12.6. The minimum Gasteiger partial charge on any atom is -0.465 e. The van der Waals surface area contributed by atoms with Gasteiger partial charge in [-0.3, -0.25) is 0 Å². The van der Waals surface area contributed by atoms with E-state index in [1.54, 1.807) is 24.3 Å². The molecule has 0 amide bonds. The number of esters is 2. The molecule has 1 aromatic heterocycles. The van der Waals surface area contributed by atoms with Gasteiger partial charge in [-0.15, -0.1) is 11.8 Å². The van der Waals surface area contributed by atoms with Crippen LogP contribution in [0.25, 0.3) is 0 Å². The normalized spacial score (nSPS) is 10.2. The van der Waals surface area contributed by atoms with Gasteiger partial charge in [0.05, 0.1) is 30.6 Å². The summed E-state index contributed by atoms with van der Waals surface area (Å²) in [5, 5.41) is 8.88. The summed E-state index contributed by atoms with van der Waals surface area (Å²) in [7, 11) is 1.27. The Morgan fingerprint density at radius 3 is 2.52 bits per heavy atom. The number of methoxy groups -OCH3 is 1. The van der Waals surface area contributed by atoms with Crippen LogP contribution < -0.4 is 0 Å². The molecule has 1 heterocycles. The molecular formula is C22H17NO5S. The fourth-order valence-electron chi connectivity index (χ4n) is 2.55. The number of furan rings is 1. The van der Waals surface area contributed by atoms with E-state index in [0.29, 0.717) is 16.9 Å². The fraction of sp³-hybridized carbons (Fsp3) is 0.136. The molecule has 0 aliphatic rings. The second-order valence-corrected chi connectivity index (χ2v) is 6.94. The zero-order valence-electron chi connectivity index (χ0n) is 15.6. The third-order valence-corrected chi connectivity index (χ3v) is 5.21. The molecular weight excluding hydrogens is 390 g/mol. The van der Waals surface area contributed by atoms with Crippen LogP contribution in [0.15, 0.2) is 70.2 Å². The van der Waals surface area contributed by atoms with E-state index in [1.165, 1.54) is 31.2 Å². The Bertz CT molecular complexity index is 1050. The average Bonchev–Trinajstić information content (AvgIpc) is 3.24. The van der Waals surface area contributed by atoms with Gasteiger partial charge < -0.3 is 13.9 Å². The Morgan fingerprint density at radius 1 is 1.03 bits per heavy atom. The largest absolute Gasteiger partial charge is 0.465 e. The number of nitriles is 1. The Labute approximate surface area is 172 Å². The highest BCUT2D eigenvalue weighted by molar-refractivity contribution is 7.98. The minimum atomic E-state index is -0.553. The number of carbonyl (C=O) groups is 2. The molecule has 0 spiro atoms. The van der Waals surface area contributed by atoms with E-state index in [9.17, 15) is 9.59 Å². The number of carbonyl (C=O) groups excluding carboxylic acids is 2. The fourth-order valence-corrected chi connectivity index (χ4v) is 3.55. The summed E-state index contributed by atoms with van der Waals surface area (Å²) in [6, 6.07) is 18.0. The smallest absolute Gasteiger partial charge is 0.341 e. The van der Waals surface area contributed by atoms with E-state index in [0.717, 1.165) is 10.5 Å². The van der Waals surface area contributed by atoms with Crippen molar-refractivity contribution in [1.82, 2.24) is 0 Å². The molecule has 3 rings (SSSR count). The highest BCUT2D eigenvalue weighted by atomic mass is 32.2. The molecule has 0 atom stereocenters. The van der Waals surface area contributed by atoms with Crippen LogP contribution in [0.4, 0.5) is 0 Å². The van der Waals surface area contributed by atoms with Crippen molar-refractivity contribution in [2.45, 2.75) is 17.3 Å². The van der Waals surface area contributed by atoms with Crippen molar-refractivity contribution in [2.24, 2.45) is 0 Å². The summed E-state index contributed by atoms with van der Waals surface area (Å²) in [5.74, 6) is -0.197. The molecule has 0 N–H and O–H groups in total. The summed E-state index contributed by atoms with van der Waals surface area (Å²) in [4.78, 5) is 25.0. The van der Waals surface area contributed by atoms with Crippen molar-refractivity contribution in [3.05, 3.63) is 88.9 Å². The third-order valence-electron chi connectivity index (χ3n) is 4.07. The highest BCUT2D eigenvalue weighted by Gasteiger charge is 2.18. The molecule has 0 fully saturated rings. The van der Waals surface area contributed by atoms with Crippen molar-refractivity contribution in [3.63, 3.8) is 0 Å². The van der Waals surface area contributed by atoms with E-state index < -0.39 is 11.9 Å². The molecule has 146 valence electrons. The predicted octanol–water partition coefficient (Wildman–Crippen LogP) is 4.59. The van der Waals surface area contributed by atoms with Crippen LogP contribution in [-0.4, -0.2) is 19.0 Å². The summed E-state index contributed by atoms with van der Waals surface area (Å²) in [6.07, 6.45) is 1.34. The first-order chi connectivity index (χ1) is 14.1. The minimum absolute atomic E-state index is 0.176. The molecule has 0 unspecified atom stereocenters. The second-order valence-electron chi connectivity index (χ2n) is 5.92. The van der Waals surface area contributed by atoms with Gasteiger partial charge in [0, 0.05) is 10.6 Å². The summed E-state index contributed by atoms with van der Waals surface area (Å²) >= 11 is 1.50. The number of benzene rings is 2. The standard InChI is InChI=1S/C22H17NO5S/c1-26-21(24)17-10-11-27-19(17)13-28-22(25)18-4-2-3-5-20(18)29-14-16-8-6-15(12-23)7-9-16/h2-11H,13-14H2,1H3. The molecule has 0 aliphatic carbocycles. The average molecular weight is 407 g/mol. The lowest BCUT2D eigenvalue weighted by Crippen LogP contribution is -2.09. The predicted molar refractivity (Wildman–Crippen MR) is 106 cm³/mol. The molecule has 0 bridgehead atoms. The van der Waals surface area contributed by atoms with Crippen molar-refractivity contribution >= 4 is 23.7 Å². The first kappa shape index (κ1) is 20.2. The maximum absolute atomic E-state index is 12.6. The van der Waals surface area contributed by atoms with Crippen molar-refractivity contribution < 1.29 is 23.5 Å². The quantitative estimate of drug-likeness (QED) is 0.418. The number of hydrogen-bond acceptors (Lipinski definition) is 7. The molecule has 3 aromatic rings. The Morgan fingerprint density at radius 2 is 1.79 bits per heavy atom. The van der Waals surface area contributed by atoms with E-state index in [2.05, 4.69) is 10.8 Å². The summed E-state index contributed by atoms with van der Waals surface area (Å²) in [5.41, 5.74) is 2.29. The van der Waals surface area contributed by atoms with Crippen molar-refractivity contribution in [1.29, 1.82) is 5.26 Å². The number of hydrogen-bond donors (Lipinski definition) is 0. The third kappa shape index (κ3) is 5.06. The van der Waals surface area contributed by atoms with E-state index in [-0.39, 0.29) is 17.9 Å². The lowest BCUT2D eigenvalue weighted by Gasteiger charge is -2.09. The SMILES string of the molecule is COC(=O)c1ccoc1COC(=O)c1ccccc1SCc1ccc(C#N)cc1. The summed E-state index contributed by atoms with van der Waals surface area (Å²) < 4.78 is 15.2. The van der Waals surface area contributed by atoms with E-state index in [1.807, 2.05) is 24.3 Å². The van der Waals surface area contributed by atoms with Gasteiger partial charge in [0.2, 0.25) is 0 Å². The Hall–Kier alpha value is -3.50. The van der Waals surface area contributed by atoms with Gasteiger partial charge in [-0.1, -0.05) is 24.3 Å². The maximum Gasteiger partial charge on any atom is 0.341 e. The first-order valence-electron chi connectivity index (χ1n) is 8.65. The molecule has 0 saturated heterocycles. The van der Waals surface area contributed by atoms with Crippen LogP contribution in [0.2, 0.25) is 0 Å². The van der Waals surface area contributed by atoms with Crippen LogP contribution in [0.5, 0.6) is 0 Å². The molecule has 0 aliphatic heterocycles. The topological polar surface area (TPSA) is 89.5 Å². The Kier molecular flexibility index (Phi) is 6.72. The van der Waals surface area contributed by atoms with Crippen LogP contribution >= 0.6 is 11.8 Å². The van der Waals surface area contributed by atoms with Gasteiger partial charge in [-0.2, -0.15) is 5.26 Å². The van der Waals surface area contributed by atoms with Gasteiger partial charge >= 0.3 is 11.9 Å². The van der Waals surface area contributed by atoms with E-state index >= 15 is 0 Å². The molecule has 2 aromatic carbocycles. The lowest BCUT2D eigenvalue weighted by atomic mass is 10.2. The van der Waals surface area contributed by atoms with Crippen LogP contribution in [-0.2, 0) is 21.8 Å². The van der Waals surface area contributed by atoms with Gasteiger partial charge in [0.15, 0.2) is 12.4 Å². The number of rotatable bonds is 7. The molecule has 0 radical (unpaired) electrons. The van der Waals surface area contributed by atoms with Crippen LogP contribution in [0.3, 0.4) is 0 Å². The number of thioether (sulfide) groups is 1. The first-order valence-corrected chi connectivity index (χ1v) is 9.63. The molecule has 29 heavy (non-hydrogen) atoms. The monoisotopic (exact) mass is 407 g/mol. The Balaban J connectivity index is 1.66. The zero-order valence-corrected chi connectivity index (χ0v) is 16.4. The molecule has 6 nitrogen and oxygen atoms in total. The molecule has 0 saturated carbocycles. The van der Waals surface area contributed by atoms with Gasteiger partial charge in [0.1, 0.15) is 5.56 Å². The van der Waals surface area contributed by atoms with Gasteiger partial charge in [0.25, 0.3) is 0 Å². The summed E-state index contributed by atoms with van der Waals surface area (Å²) in [6.45, 7) is -0.176. The lowest BCUT2D eigenvalue weighted by molar-refractivity contribution is 0.0428.